The zero-order valence-corrected chi connectivity index (χ0v) is 61.0. The van der Waals surface area contributed by atoms with E-state index in [-0.39, 0.29) is 18.5 Å². The Hall–Kier alpha value is -1.40. The number of rotatable bonds is 79. The van der Waals surface area contributed by atoms with E-state index in [1.165, 1.54) is 411 Å². The molecule has 530 valence electrons. The van der Waals surface area contributed by atoms with Gasteiger partial charge in [-0.1, -0.05) is 431 Å². The number of carbonyl (C=O) groups is 2. The number of hydrogen-bond acceptors (Lipinski definition) is 5. The number of hydrogen-bond donors (Lipinski definition) is 3. The standard InChI is InChI=1S/C83H163NO5/c1-3-5-7-9-11-13-15-17-19-21-22-23-34-37-40-44-47-51-55-59-63-67-71-75-81(86)80(79-85)84-82(87)76-72-68-64-60-56-52-48-45-41-38-35-32-30-28-26-24-25-27-29-31-33-36-39-42-46-50-54-58-62-66-70-74-78-89-83(88)77-73-69-65-61-57-53-49-43-20-18-16-14-12-10-8-6-4-2/h18,20,80-81,85-86H,3-17,19,21-79H2,1-2H3,(H,84,87)/b20-18-. The Kier molecular flexibility index (Phi) is 77.8. The van der Waals surface area contributed by atoms with E-state index in [2.05, 4.69) is 31.3 Å². The van der Waals surface area contributed by atoms with E-state index in [9.17, 15) is 19.8 Å². The summed E-state index contributed by atoms with van der Waals surface area (Å²) in [6, 6.07) is -0.539. The molecule has 2 unspecified atom stereocenters. The minimum absolute atomic E-state index is 0.0193. The number of nitrogens with one attached hydrogen (secondary N) is 1. The van der Waals surface area contributed by atoms with Crippen molar-refractivity contribution in [2.24, 2.45) is 0 Å². The zero-order valence-electron chi connectivity index (χ0n) is 61.0. The average Bonchev–Trinajstić information content (AvgIpc) is 3.57. The van der Waals surface area contributed by atoms with Gasteiger partial charge >= 0.3 is 5.97 Å². The lowest BCUT2D eigenvalue weighted by atomic mass is 10.0. The predicted octanol–water partition coefficient (Wildman–Crippen LogP) is 27.4. The number of ether oxygens (including phenoxy) is 1. The second-order valence-electron chi connectivity index (χ2n) is 28.8. The van der Waals surface area contributed by atoms with Gasteiger partial charge < -0.3 is 20.3 Å². The van der Waals surface area contributed by atoms with Crippen LogP contribution in [0.25, 0.3) is 0 Å². The van der Waals surface area contributed by atoms with Crippen molar-refractivity contribution in [1.29, 1.82) is 0 Å². The lowest BCUT2D eigenvalue weighted by Gasteiger charge is -2.22. The molecule has 0 fully saturated rings. The minimum atomic E-state index is -0.662. The Bertz CT molecular complexity index is 1350. The summed E-state index contributed by atoms with van der Waals surface area (Å²) in [5, 5.41) is 23.5. The van der Waals surface area contributed by atoms with Gasteiger partial charge in [0.25, 0.3) is 0 Å². The van der Waals surface area contributed by atoms with Crippen molar-refractivity contribution in [2.75, 3.05) is 13.2 Å². The van der Waals surface area contributed by atoms with Crippen LogP contribution in [0.5, 0.6) is 0 Å². The Morgan fingerprint density at radius 2 is 0.528 bits per heavy atom. The molecule has 0 aliphatic carbocycles. The third-order valence-corrected chi connectivity index (χ3v) is 19.8. The summed E-state index contributed by atoms with van der Waals surface area (Å²) in [5.74, 6) is -0.00484. The highest BCUT2D eigenvalue weighted by molar-refractivity contribution is 5.76. The fraction of sp³-hybridized carbons (Fsp3) is 0.952. The van der Waals surface area contributed by atoms with Gasteiger partial charge in [-0.15, -0.1) is 0 Å². The normalized spacial score (nSPS) is 12.4. The molecule has 6 heteroatoms. The van der Waals surface area contributed by atoms with Crippen LogP contribution in [0.15, 0.2) is 12.2 Å². The van der Waals surface area contributed by atoms with Gasteiger partial charge in [0.15, 0.2) is 0 Å². The van der Waals surface area contributed by atoms with Crippen molar-refractivity contribution in [3.8, 4) is 0 Å². The molecule has 0 aromatic carbocycles. The molecule has 89 heavy (non-hydrogen) atoms. The number of aliphatic hydroxyl groups is 2. The molecular formula is C83H163NO5. The third kappa shape index (κ3) is 75.5. The van der Waals surface area contributed by atoms with Crippen molar-refractivity contribution >= 4 is 11.9 Å². The lowest BCUT2D eigenvalue weighted by molar-refractivity contribution is -0.143. The van der Waals surface area contributed by atoms with Gasteiger partial charge in [-0.05, 0) is 51.4 Å². The number of esters is 1. The first-order valence-electron chi connectivity index (χ1n) is 41.4. The fourth-order valence-electron chi connectivity index (χ4n) is 13.5. The summed E-state index contributed by atoms with van der Waals surface area (Å²) in [6.45, 7) is 5.01. The smallest absolute Gasteiger partial charge is 0.305 e. The number of carbonyl (C=O) groups excluding carboxylic acids is 2. The van der Waals surface area contributed by atoms with E-state index in [0.717, 1.165) is 38.5 Å². The summed E-state index contributed by atoms with van der Waals surface area (Å²) in [4.78, 5) is 24.7. The molecule has 0 spiro atoms. The van der Waals surface area contributed by atoms with E-state index in [4.69, 9.17) is 4.74 Å². The van der Waals surface area contributed by atoms with Crippen LogP contribution in [0.4, 0.5) is 0 Å². The molecule has 0 radical (unpaired) electrons. The molecule has 3 N–H and O–H groups in total. The molecule has 0 heterocycles. The van der Waals surface area contributed by atoms with Gasteiger partial charge in [-0.25, -0.2) is 0 Å². The van der Waals surface area contributed by atoms with Crippen LogP contribution in [-0.4, -0.2) is 47.4 Å². The minimum Gasteiger partial charge on any atom is -0.466 e. The number of allylic oxidation sites excluding steroid dienone is 2. The molecular weight excluding hydrogens is 1090 g/mol. The highest BCUT2D eigenvalue weighted by Crippen LogP contribution is 2.21. The van der Waals surface area contributed by atoms with Crippen molar-refractivity contribution < 1.29 is 24.5 Å². The van der Waals surface area contributed by atoms with E-state index < -0.39 is 12.1 Å². The SMILES string of the molecule is CCCCCCCC/C=C\CCCCCCCCCC(=O)OCCCCCCCCCCCCCCCCCCCCCCCCCCCCCCCCCCC(=O)NC(CO)C(O)CCCCCCCCCCCCCCCCCCCCCCCCC. The molecule has 0 aliphatic rings. The second-order valence-corrected chi connectivity index (χ2v) is 28.8. The molecule has 6 nitrogen and oxygen atoms in total. The van der Waals surface area contributed by atoms with Crippen LogP contribution in [0.3, 0.4) is 0 Å². The van der Waals surface area contributed by atoms with E-state index in [0.29, 0.717) is 25.9 Å². The van der Waals surface area contributed by atoms with Gasteiger partial charge in [0.1, 0.15) is 0 Å². The topological polar surface area (TPSA) is 95.9 Å². The van der Waals surface area contributed by atoms with Crippen LogP contribution in [0.2, 0.25) is 0 Å². The summed E-state index contributed by atoms with van der Waals surface area (Å²) in [6.07, 6.45) is 100. The quantitative estimate of drug-likeness (QED) is 0.0320. The Balaban J connectivity index is 3.32. The Labute approximate surface area is 559 Å². The van der Waals surface area contributed by atoms with Gasteiger partial charge in [-0.2, -0.15) is 0 Å². The first kappa shape index (κ1) is 87.6. The average molecular weight is 1260 g/mol. The van der Waals surface area contributed by atoms with Gasteiger partial charge in [0, 0.05) is 12.8 Å². The van der Waals surface area contributed by atoms with E-state index in [1.54, 1.807) is 0 Å². The van der Waals surface area contributed by atoms with Crippen LogP contribution in [-0.2, 0) is 14.3 Å². The summed E-state index contributed by atoms with van der Waals surface area (Å²) in [7, 11) is 0. The largest absolute Gasteiger partial charge is 0.466 e. The highest BCUT2D eigenvalue weighted by atomic mass is 16.5. The molecule has 0 saturated carbocycles. The van der Waals surface area contributed by atoms with Crippen LogP contribution < -0.4 is 5.32 Å². The monoisotopic (exact) mass is 1250 g/mol. The molecule has 2 atom stereocenters. The lowest BCUT2D eigenvalue weighted by Crippen LogP contribution is -2.45. The van der Waals surface area contributed by atoms with E-state index >= 15 is 0 Å². The molecule has 1 amide bonds. The van der Waals surface area contributed by atoms with Crippen molar-refractivity contribution in [3.63, 3.8) is 0 Å². The van der Waals surface area contributed by atoms with Gasteiger partial charge in [0.2, 0.25) is 5.91 Å². The first-order valence-corrected chi connectivity index (χ1v) is 41.4. The molecule has 0 bridgehead atoms. The van der Waals surface area contributed by atoms with E-state index in [1.807, 2.05) is 0 Å². The molecule has 0 saturated heterocycles. The maximum absolute atomic E-state index is 12.6. The molecule has 0 rings (SSSR count). The maximum atomic E-state index is 12.6. The van der Waals surface area contributed by atoms with Crippen LogP contribution >= 0.6 is 0 Å². The van der Waals surface area contributed by atoms with Crippen LogP contribution in [0, 0.1) is 0 Å². The number of unbranched alkanes of at least 4 members (excludes halogenated alkanes) is 66. The number of aliphatic hydroxyl groups excluding tert-OH is 2. The van der Waals surface area contributed by atoms with Crippen molar-refractivity contribution in [1.82, 2.24) is 5.32 Å². The highest BCUT2D eigenvalue weighted by Gasteiger charge is 2.20. The van der Waals surface area contributed by atoms with Gasteiger partial charge in [0.05, 0.1) is 25.4 Å². The Morgan fingerprint density at radius 1 is 0.303 bits per heavy atom. The zero-order chi connectivity index (χ0) is 64.2. The summed E-state index contributed by atoms with van der Waals surface area (Å²) in [5.41, 5.74) is 0. The molecule has 0 aromatic rings. The van der Waals surface area contributed by atoms with Crippen molar-refractivity contribution in [3.05, 3.63) is 12.2 Å². The van der Waals surface area contributed by atoms with Crippen LogP contribution in [0.1, 0.15) is 483 Å². The third-order valence-electron chi connectivity index (χ3n) is 19.8. The predicted molar refractivity (Wildman–Crippen MR) is 394 cm³/mol. The maximum Gasteiger partial charge on any atom is 0.305 e. The van der Waals surface area contributed by atoms with Crippen molar-refractivity contribution in [2.45, 2.75) is 495 Å². The second kappa shape index (κ2) is 79.0. The summed E-state index contributed by atoms with van der Waals surface area (Å²) >= 11 is 0. The Morgan fingerprint density at radius 3 is 0.798 bits per heavy atom. The number of amides is 1. The molecule has 0 aromatic heterocycles. The summed E-state index contributed by atoms with van der Waals surface area (Å²) < 4.78 is 5.51. The van der Waals surface area contributed by atoms with Gasteiger partial charge in [-0.3, -0.25) is 9.59 Å². The molecule has 0 aliphatic heterocycles. The first-order chi connectivity index (χ1) is 44.0. The fourth-order valence-corrected chi connectivity index (χ4v) is 13.5.